The van der Waals surface area contributed by atoms with Crippen molar-refractivity contribution in [3.63, 3.8) is 0 Å². The fraction of sp³-hybridized carbons (Fsp3) is 0.538. The van der Waals surface area contributed by atoms with Gasteiger partial charge in [0.15, 0.2) is 0 Å². The smallest absolute Gasteiger partial charge is 0.0772 e. The Morgan fingerprint density at radius 1 is 1.31 bits per heavy atom. The fourth-order valence-corrected chi connectivity index (χ4v) is 3.23. The number of hydrogen-bond acceptors (Lipinski definition) is 3. The van der Waals surface area contributed by atoms with Crippen molar-refractivity contribution in [3.05, 3.63) is 29.8 Å². The van der Waals surface area contributed by atoms with Crippen LogP contribution in [0.3, 0.4) is 0 Å². The van der Waals surface area contributed by atoms with Gasteiger partial charge in [-0.3, -0.25) is 0 Å². The van der Waals surface area contributed by atoms with Crippen LogP contribution >= 0.6 is 11.8 Å². The highest BCUT2D eigenvalue weighted by atomic mass is 32.2. The van der Waals surface area contributed by atoms with E-state index in [1.165, 1.54) is 4.90 Å². The summed E-state index contributed by atoms with van der Waals surface area (Å²) in [5, 5.41) is 10.3. The van der Waals surface area contributed by atoms with Crippen molar-refractivity contribution in [2.75, 3.05) is 13.2 Å². The number of ether oxygens (including phenoxy) is 1. The molecule has 2 rings (SSSR count). The van der Waals surface area contributed by atoms with Gasteiger partial charge in [0.1, 0.15) is 0 Å². The lowest BCUT2D eigenvalue weighted by Crippen LogP contribution is -2.17. The van der Waals surface area contributed by atoms with E-state index >= 15 is 0 Å². The number of aliphatic hydroxyl groups excluding tert-OH is 1. The van der Waals surface area contributed by atoms with Crippen molar-refractivity contribution in [3.8, 4) is 0 Å². The van der Waals surface area contributed by atoms with Crippen LogP contribution in [0.2, 0.25) is 0 Å². The van der Waals surface area contributed by atoms with Crippen molar-refractivity contribution in [2.24, 2.45) is 0 Å². The Hall–Kier alpha value is -0.510. The molecule has 1 atom stereocenters. The summed E-state index contributed by atoms with van der Waals surface area (Å²) in [4.78, 5) is 1.21. The zero-order valence-corrected chi connectivity index (χ0v) is 10.4. The molecule has 1 aromatic carbocycles. The second-order valence-electron chi connectivity index (χ2n) is 4.14. The third-order valence-corrected chi connectivity index (χ3v) is 4.26. The van der Waals surface area contributed by atoms with Gasteiger partial charge in [-0.15, -0.1) is 11.8 Å². The minimum atomic E-state index is -0.386. The molecule has 1 aliphatic rings. The highest BCUT2D eigenvalue weighted by molar-refractivity contribution is 8.00. The fourth-order valence-electron chi connectivity index (χ4n) is 1.91. The highest BCUT2D eigenvalue weighted by Crippen LogP contribution is 2.34. The Kier molecular flexibility index (Phi) is 4.27. The summed E-state index contributed by atoms with van der Waals surface area (Å²) in [6.45, 7) is 3.56. The van der Waals surface area contributed by atoms with Gasteiger partial charge in [-0.2, -0.15) is 0 Å². The third-order valence-electron chi connectivity index (χ3n) is 2.83. The number of benzene rings is 1. The number of thioether (sulfide) groups is 1. The molecule has 0 aromatic heterocycles. The van der Waals surface area contributed by atoms with Crippen molar-refractivity contribution < 1.29 is 9.84 Å². The number of rotatable bonds is 3. The molecule has 1 heterocycles. The summed E-state index contributed by atoms with van der Waals surface area (Å²) >= 11 is 1.88. The van der Waals surface area contributed by atoms with E-state index < -0.39 is 0 Å². The van der Waals surface area contributed by atoms with Crippen molar-refractivity contribution in [1.82, 2.24) is 0 Å². The molecule has 1 N–H and O–H groups in total. The second-order valence-corrected chi connectivity index (χ2v) is 5.49. The maximum absolute atomic E-state index is 9.70. The molecule has 0 saturated carbocycles. The monoisotopic (exact) mass is 238 g/mol. The maximum Gasteiger partial charge on any atom is 0.0772 e. The summed E-state index contributed by atoms with van der Waals surface area (Å²) in [6, 6.07) is 8.12. The first kappa shape index (κ1) is 12.0. The summed E-state index contributed by atoms with van der Waals surface area (Å²) in [6.07, 6.45) is 1.83. The average molecular weight is 238 g/mol. The second kappa shape index (κ2) is 5.71. The van der Waals surface area contributed by atoms with E-state index in [2.05, 4.69) is 6.07 Å². The Morgan fingerprint density at radius 3 is 2.69 bits per heavy atom. The molecule has 2 nitrogen and oxygen atoms in total. The lowest BCUT2D eigenvalue weighted by molar-refractivity contribution is 0.1000. The number of aliphatic hydroxyl groups is 1. The van der Waals surface area contributed by atoms with Gasteiger partial charge in [-0.25, -0.2) is 0 Å². The van der Waals surface area contributed by atoms with E-state index in [1.807, 2.05) is 36.9 Å². The van der Waals surface area contributed by atoms with Crippen LogP contribution in [0.4, 0.5) is 0 Å². The van der Waals surface area contributed by atoms with Gasteiger partial charge in [0.05, 0.1) is 6.10 Å². The number of hydrogen-bond donors (Lipinski definition) is 1. The van der Waals surface area contributed by atoms with E-state index in [4.69, 9.17) is 4.74 Å². The first-order chi connectivity index (χ1) is 7.77. The van der Waals surface area contributed by atoms with Gasteiger partial charge in [0, 0.05) is 23.4 Å². The van der Waals surface area contributed by atoms with Crippen LogP contribution in [0.5, 0.6) is 0 Å². The van der Waals surface area contributed by atoms with Crippen LogP contribution in [0.25, 0.3) is 0 Å². The van der Waals surface area contributed by atoms with E-state index in [1.54, 1.807) is 0 Å². The SMILES string of the molecule is C[C@@H](O)c1ccccc1SC1CCOCC1. The normalized spacial score (nSPS) is 19.6. The van der Waals surface area contributed by atoms with Crippen LogP contribution in [-0.4, -0.2) is 23.6 Å². The zero-order valence-electron chi connectivity index (χ0n) is 9.56. The van der Waals surface area contributed by atoms with Crippen LogP contribution in [0.15, 0.2) is 29.2 Å². The van der Waals surface area contributed by atoms with Crippen molar-refractivity contribution in [2.45, 2.75) is 36.0 Å². The highest BCUT2D eigenvalue weighted by Gasteiger charge is 2.17. The summed E-state index contributed by atoms with van der Waals surface area (Å²) in [5.74, 6) is 0. The van der Waals surface area contributed by atoms with E-state index in [0.717, 1.165) is 31.6 Å². The molecule has 0 radical (unpaired) electrons. The topological polar surface area (TPSA) is 29.5 Å². The molecule has 1 saturated heterocycles. The maximum atomic E-state index is 9.70. The molecule has 1 fully saturated rings. The van der Waals surface area contributed by atoms with Crippen LogP contribution in [-0.2, 0) is 4.74 Å². The standard InChI is InChI=1S/C13H18O2S/c1-10(14)12-4-2-3-5-13(12)16-11-6-8-15-9-7-11/h2-5,10-11,14H,6-9H2,1H3/t10-/m1/s1. The molecule has 0 bridgehead atoms. The molecule has 0 unspecified atom stereocenters. The Balaban J connectivity index is 2.07. The van der Waals surface area contributed by atoms with Crippen LogP contribution in [0.1, 0.15) is 31.4 Å². The molecule has 16 heavy (non-hydrogen) atoms. The van der Waals surface area contributed by atoms with E-state index in [9.17, 15) is 5.11 Å². The van der Waals surface area contributed by atoms with Gasteiger partial charge < -0.3 is 9.84 Å². The summed E-state index contributed by atoms with van der Waals surface area (Å²) < 4.78 is 5.35. The molecular weight excluding hydrogens is 220 g/mol. The van der Waals surface area contributed by atoms with Gasteiger partial charge >= 0.3 is 0 Å². The first-order valence-electron chi connectivity index (χ1n) is 5.79. The van der Waals surface area contributed by atoms with Crippen LogP contribution in [0, 0.1) is 0 Å². The Morgan fingerprint density at radius 2 is 2.00 bits per heavy atom. The molecule has 0 aliphatic carbocycles. The van der Waals surface area contributed by atoms with Crippen molar-refractivity contribution >= 4 is 11.8 Å². The molecule has 0 amide bonds. The summed E-state index contributed by atoms with van der Waals surface area (Å²) in [7, 11) is 0. The molecule has 3 heteroatoms. The third kappa shape index (κ3) is 3.00. The molecule has 88 valence electrons. The van der Waals surface area contributed by atoms with Gasteiger partial charge in [-0.05, 0) is 31.4 Å². The van der Waals surface area contributed by atoms with Gasteiger partial charge in [-0.1, -0.05) is 18.2 Å². The molecule has 0 spiro atoms. The predicted octanol–water partition coefficient (Wildman–Crippen LogP) is 3.01. The van der Waals surface area contributed by atoms with E-state index in [0.29, 0.717) is 5.25 Å². The molecular formula is C13H18O2S. The van der Waals surface area contributed by atoms with Gasteiger partial charge in [0.25, 0.3) is 0 Å². The van der Waals surface area contributed by atoms with Gasteiger partial charge in [0.2, 0.25) is 0 Å². The Labute approximate surface area is 101 Å². The minimum Gasteiger partial charge on any atom is -0.389 e. The molecule has 1 aromatic rings. The van der Waals surface area contributed by atoms with Crippen molar-refractivity contribution in [1.29, 1.82) is 0 Å². The minimum absolute atomic E-state index is 0.386. The lowest BCUT2D eigenvalue weighted by atomic mass is 10.1. The zero-order chi connectivity index (χ0) is 11.4. The lowest BCUT2D eigenvalue weighted by Gasteiger charge is -2.23. The first-order valence-corrected chi connectivity index (χ1v) is 6.66. The average Bonchev–Trinajstić information content (AvgIpc) is 2.31. The molecule has 1 aliphatic heterocycles. The van der Waals surface area contributed by atoms with Crippen LogP contribution < -0.4 is 0 Å². The predicted molar refractivity (Wildman–Crippen MR) is 66.8 cm³/mol. The Bertz CT molecular complexity index is 332. The van der Waals surface area contributed by atoms with E-state index in [-0.39, 0.29) is 6.10 Å². The summed E-state index contributed by atoms with van der Waals surface area (Å²) in [5.41, 5.74) is 1.04. The quantitative estimate of drug-likeness (QED) is 0.877. The largest absolute Gasteiger partial charge is 0.389 e.